The summed E-state index contributed by atoms with van der Waals surface area (Å²) in [5.41, 5.74) is -1.29. The number of carbonyl (C=O) groups is 6. The fourth-order valence-electron chi connectivity index (χ4n) is 7.52. The lowest BCUT2D eigenvalue weighted by Gasteiger charge is -2.30. The van der Waals surface area contributed by atoms with Crippen molar-refractivity contribution in [2.45, 2.75) is 56.1 Å². The number of aromatic amines is 1. The molecule has 358 valence electrons. The summed E-state index contributed by atoms with van der Waals surface area (Å²) in [7, 11) is 0. The van der Waals surface area contributed by atoms with Crippen LogP contribution < -0.4 is 16.0 Å². The number of aromatic nitrogens is 2. The van der Waals surface area contributed by atoms with Gasteiger partial charge in [-0.05, 0) is 72.8 Å². The van der Waals surface area contributed by atoms with E-state index in [9.17, 15) is 38.4 Å². The molecule has 2 fully saturated rings. The smallest absolute Gasteiger partial charge is 0.338 e. The maximum absolute atomic E-state index is 14.0. The quantitative estimate of drug-likeness (QED) is 0.0774. The molecule has 0 aliphatic carbocycles. The standard InChI is InChI=1S/C51H42N2O17/c1-30(54)64-36-24-22-35(23-25-36)46(57)62-28-37-40(67-47(58)32-16-8-3-9-17-32)42(44(65-37)53-27-26-39(55)52-51(53)61)70-50-43(69-49(60)34-20-12-5-13-21-34)41(68-48(59)33-18-10-4-11-19-33)38(66-50)29-63-45(56)31-14-6-2-7-15-31/h2-27,37-38,40-44,50H,28-29H2,1H3,(H,52,55,61)/t37-,38-,40-,41-,42-,43-,44-,50-/m1/s1. The number of hydrogen-bond donors (Lipinski definition) is 1. The highest BCUT2D eigenvalue weighted by atomic mass is 16.8. The SMILES string of the molecule is CC(=O)Oc1ccc(C(=O)OC[C@H]2O[C@@H](n3ccc(=O)[nH]c3=O)[C@H](O[C@H]3O[C@H](COC(=O)c4ccccc4)[C@@H](OC(=O)c4ccccc4)[C@H]3OC(=O)c3ccccc3)[C@@H]2OC(=O)c2ccccc2)cc1. The molecule has 1 aromatic heterocycles. The number of benzene rings is 5. The number of nitrogens with one attached hydrogen (secondary N) is 1. The van der Waals surface area contributed by atoms with Crippen LogP contribution in [0.2, 0.25) is 0 Å². The number of rotatable bonds is 16. The third-order valence-electron chi connectivity index (χ3n) is 10.8. The summed E-state index contributed by atoms with van der Waals surface area (Å²) in [6.45, 7) is -0.0106. The van der Waals surface area contributed by atoms with Gasteiger partial charge in [-0.2, -0.15) is 0 Å². The van der Waals surface area contributed by atoms with E-state index in [1.165, 1.54) is 79.7 Å². The Bertz CT molecular complexity index is 2930. The highest BCUT2D eigenvalue weighted by molar-refractivity contribution is 5.92. The Kier molecular flexibility index (Phi) is 15.1. The molecule has 2 saturated heterocycles. The van der Waals surface area contributed by atoms with Crippen LogP contribution in [-0.2, 0) is 42.7 Å². The minimum Gasteiger partial charge on any atom is -0.459 e. The molecule has 19 heteroatoms. The summed E-state index contributed by atoms with van der Waals surface area (Å²) in [4.78, 5) is 108. The third kappa shape index (κ3) is 11.6. The van der Waals surface area contributed by atoms with Crippen LogP contribution >= 0.6 is 0 Å². The molecule has 8 rings (SSSR count). The van der Waals surface area contributed by atoms with Crippen LogP contribution in [0.25, 0.3) is 0 Å². The van der Waals surface area contributed by atoms with Gasteiger partial charge in [0, 0.05) is 19.2 Å². The van der Waals surface area contributed by atoms with E-state index in [1.54, 1.807) is 72.8 Å². The first kappa shape index (κ1) is 48.0. The second-order valence-corrected chi connectivity index (χ2v) is 15.6. The zero-order valence-corrected chi connectivity index (χ0v) is 36.9. The van der Waals surface area contributed by atoms with Gasteiger partial charge in [0.1, 0.15) is 37.3 Å². The van der Waals surface area contributed by atoms with Crippen LogP contribution in [0.4, 0.5) is 0 Å². The minimum atomic E-state index is -1.80. The number of hydrogen-bond acceptors (Lipinski definition) is 17. The molecule has 0 radical (unpaired) electrons. The van der Waals surface area contributed by atoms with Gasteiger partial charge in [-0.15, -0.1) is 0 Å². The zero-order valence-electron chi connectivity index (χ0n) is 36.9. The van der Waals surface area contributed by atoms with E-state index >= 15 is 0 Å². The minimum absolute atomic E-state index is 0.0328. The largest absolute Gasteiger partial charge is 0.459 e. The van der Waals surface area contributed by atoms with Gasteiger partial charge in [0.15, 0.2) is 30.8 Å². The molecule has 8 atom stereocenters. The lowest BCUT2D eigenvalue weighted by molar-refractivity contribution is -0.220. The molecule has 0 bridgehead atoms. The highest BCUT2D eigenvalue weighted by Crippen LogP contribution is 2.39. The fraction of sp³-hybridized carbons (Fsp3) is 0.216. The van der Waals surface area contributed by atoms with Crippen LogP contribution in [0.3, 0.4) is 0 Å². The summed E-state index contributed by atoms with van der Waals surface area (Å²) in [6.07, 6.45) is -11.7. The lowest BCUT2D eigenvalue weighted by Crippen LogP contribution is -2.47. The third-order valence-corrected chi connectivity index (χ3v) is 10.8. The molecule has 70 heavy (non-hydrogen) atoms. The van der Waals surface area contributed by atoms with Gasteiger partial charge in [0.05, 0.1) is 27.8 Å². The van der Waals surface area contributed by atoms with E-state index in [0.717, 1.165) is 16.8 Å². The molecule has 2 aliphatic heterocycles. The van der Waals surface area contributed by atoms with Gasteiger partial charge in [-0.3, -0.25) is 19.1 Å². The van der Waals surface area contributed by atoms with Crippen molar-refractivity contribution in [2.75, 3.05) is 13.2 Å². The lowest BCUT2D eigenvalue weighted by atomic mass is 10.1. The second-order valence-electron chi connectivity index (χ2n) is 15.6. The van der Waals surface area contributed by atoms with Crippen LogP contribution in [0.15, 0.2) is 167 Å². The second kappa shape index (κ2) is 22.1. The average Bonchev–Trinajstić information content (AvgIpc) is 3.87. The monoisotopic (exact) mass is 954 g/mol. The summed E-state index contributed by atoms with van der Waals surface area (Å²) >= 11 is 0. The van der Waals surface area contributed by atoms with Crippen molar-refractivity contribution >= 4 is 35.8 Å². The number of esters is 6. The first-order chi connectivity index (χ1) is 33.9. The van der Waals surface area contributed by atoms with E-state index in [4.69, 9.17) is 42.6 Å². The zero-order chi connectivity index (χ0) is 49.1. The van der Waals surface area contributed by atoms with Crippen molar-refractivity contribution in [1.29, 1.82) is 0 Å². The van der Waals surface area contributed by atoms with Gasteiger partial charge in [-0.1, -0.05) is 72.8 Å². The van der Waals surface area contributed by atoms with E-state index in [1.807, 2.05) is 0 Å². The number of carbonyl (C=O) groups excluding carboxylic acids is 6. The Morgan fingerprint density at radius 1 is 0.500 bits per heavy atom. The molecular formula is C51H42N2O17. The summed E-state index contributed by atoms with van der Waals surface area (Å²) in [6, 6.07) is 37.9. The average molecular weight is 955 g/mol. The predicted octanol–water partition coefficient (Wildman–Crippen LogP) is 4.86. The Labute approximate surface area is 397 Å². The van der Waals surface area contributed by atoms with E-state index in [-0.39, 0.29) is 33.6 Å². The molecule has 5 aromatic carbocycles. The van der Waals surface area contributed by atoms with Crippen molar-refractivity contribution in [3.8, 4) is 5.75 Å². The molecule has 0 saturated carbocycles. The van der Waals surface area contributed by atoms with E-state index < -0.39 is 109 Å². The van der Waals surface area contributed by atoms with Crippen molar-refractivity contribution in [3.63, 3.8) is 0 Å². The molecule has 0 unspecified atom stereocenters. The Morgan fingerprint density at radius 2 is 0.914 bits per heavy atom. The molecule has 1 N–H and O–H groups in total. The van der Waals surface area contributed by atoms with Crippen LogP contribution in [0, 0.1) is 0 Å². The van der Waals surface area contributed by atoms with Crippen LogP contribution in [-0.4, -0.2) is 101 Å². The molecule has 19 nitrogen and oxygen atoms in total. The molecular weight excluding hydrogens is 913 g/mol. The van der Waals surface area contributed by atoms with E-state index in [2.05, 4.69) is 4.98 Å². The first-order valence-corrected chi connectivity index (χ1v) is 21.7. The summed E-state index contributed by atoms with van der Waals surface area (Å²) in [5.74, 6) is -4.76. The molecule has 6 aromatic rings. The molecule has 0 amide bonds. The van der Waals surface area contributed by atoms with Gasteiger partial charge >= 0.3 is 41.5 Å². The van der Waals surface area contributed by atoms with Crippen molar-refractivity contribution in [1.82, 2.24) is 9.55 Å². The Morgan fingerprint density at radius 3 is 1.37 bits per heavy atom. The topological polar surface area (TPSA) is 240 Å². The summed E-state index contributed by atoms with van der Waals surface area (Å²) in [5, 5.41) is 0. The maximum atomic E-state index is 14.0. The van der Waals surface area contributed by atoms with Gasteiger partial charge in [-0.25, -0.2) is 28.8 Å². The van der Waals surface area contributed by atoms with Gasteiger partial charge in [0.2, 0.25) is 0 Å². The Hall–Kier alpha value is -8.52. The van der Waals surface area contributed by atoms with Gasteiger partial charge < -0.3 is 42.6 Å². The highest BCUT2D eigenvalue weighted by Gasteiger charge is 2.57. The van der Waals surface area contributed by atoms with Crippen LogP contribution in [0.1, 0.15) is 64.9 Å². The van der Waals surface area contributed by atoms with Crippen molar-refractivity contribution < 1.29 is 71.4 Å². The first-order valence-electron chi connectivity index (χ1n) is 21.7. The molecule has 0 spiro atoms. The number of nitrogens with zero attached hydrogens (tertiary/aromatic N) is 1. The number of ether oxygens (including phenoxy) is 9. The van der Waals surface area contributed by atoms with Crippen molar-refractivity contribution in [2.24, 2.45) is 0 Å². The molecule has 2 aliphatic rings. The Balaban J connectivity index is 1.18. The normalized spacial score (nSPS) is 21.4. The van der Waals surface area contributed by atoms with Crippen LogP contribution in [0.5, 0.6) is 5.75 Å². The van der Waals surface area contributed by atoms with E-state index in [0.29, 0.717) is 0 Å². The fourth-order valence-corrected chi connectivity index (χ4v) is 7.52. The molecule has 3 heterocycles. The number of H-pyrrole nitrogens is 1. The van der Waals surface area contributed by atoms with Crippen molar-refractivity contribution in [3.05, 3.63) is 207 Å². The van der Waals surface area contributed by atoms with Gasteiger partial charge in [0.25, 0.3) is 5.56 Å². The summed E-state index contributed by atoms with van der Waals surface area (Å²) < 4.78 is 54.9. The predicted molar refractivity (Wildman–Crippen MR) is 240 cm³/mol. The maximum Gasteiger partial charge on any atom is 0.338 e.